The molecule has 1 atom stereocenters. The fourth-order valence-electron chi connectivity index (χ4n) is 2.57. The second-order valence-corrected chi connectivity index (χ2v) is 5.21. The number of hydrogen-bond acceptors (Lipinski definition) is 4. The number of para-hydroxylation sites is 1. The van der Waals surface area contributed by atoms with E-state index in [1.54, 1.807) is 25.3 Å². The van der Waals surface area contributed by atoms with Crippen molar-refractivity contribution in [3.63, 3.8) is 0 Å². The summed E-state index contributed by atoms with van der Waals surface area (Å²) in [4.78, 5) is 12.4. The Morgan fingerprint density at radius 2 is 2.09 bits per heavy atom. The monoisotopic (exact) mass is 313 g/mol. The van der Waals surface area contributed by atoms with E-state index in [2.05, 4.69) is 5.32 Å². The standard InChI is InChI=1S/C18H19NO4/c1-3-22-15-9-8-13(11-16(15)21-2)19-18(20)17-10-12-6-4-5-7-14(12)23-17/h4-9,11,17H,3,10H2,1-2H3,(H,19,20). The number of amides is 1. The van der Waals surface area contributed by atoms with Crippen molar-refractivity contribution < 1.29 is 19.0 Å². The zero-order valence-corrected chi connectivity index (χ0v) is 13.2. The first kappa shape index (κ1) is 15.2. The molecule has 2 aromatic rings. The molecular weight excluding hydrogens is 294 g/mol. The van der Waals surface area contributed by atoms with Crippen LogP contribution < -0.4 is 19.5 Å². The predicted molar refractivity (Wildman–Crippen MR) is 87.4 cm³/mol. The number of hydrogen-bond donors (Lipinski definition) is 1. The van der Waals surface area contributed by atoms with Crippen molar-refractivity contribution in [3.05, 3.63) is 48.0 Å². The van der Waals surface area contributed by atoms with Crippen LogP contribution in [-0.2, 0) is 11.2 Å². The molecule has 0 fully saturated rings. The highest BCUT2D eigenvalue weighted by Gasteiger charge is 2.28. The van der Waals surface area contributed by atoms with Gasteiger partial charge in [-0.1, -0.05) is 18.2 Å². The predicted octanol–water partition coefficient (Wildman–Crippen LogP) is 3.04. The third kappa shape index (κ3) is 3.23. The number of methoxy groups -OCH3 is 1. The first-order chi connectivity index (χ1) is 11.2. The molecule has 0 spiro atoms. The smallest absolute Gasteiger partial charge is 0.265 e. The third-order valence-electron chi connectivity index (χ3n) is 3.67. The number of anilines is 1. The SMILES string of the molecule is CCOc1ccc(NC(=O)C2Cc3ccccc3O2)cc1OC. The quantitative estimate of drug-likeness (QED) is 0.922. The number of carbonyl (C=O) groups is 1. The van der Waals surface area contributed by atoms with Crippen molar-refractivity contribution in [1.82, 2.24) is 0 Å². The van der Waals surface area contributed by atoms with Gasteiger partial charge in [0.15, 0.2) is 17.6 Å². The van der Waals surface area contributed by atoms with Crippen LogP contribution >= 0.6 is 0 Å². The average Bonchev–Trinajstić information content (AvgIpc) is 3.00. The van der Waals surface area contributed by atoms with Gasteiger partial charge >= 0.3 is 0 Å². The Bertz CT molecular complexity index is 689. The summed E-state index contributed by atoms with van der Waals surface area (Å²) >= 11 is 0. The lowest BCUT2D eigenvalue weighted by atomic mass is 10.1. The Kier molecular flexibility index (Phi) is 4.37. The Hall–Kier alpha value is -2.69. The first-order valence-corrected chi connectivity index (χ1v) is 7.57. The van der Waals surface area contributed by atoms with Crippen molar-refractivity contribution in [2.75, 3.05) is 19.0 Å². The Labute approximate surface area is 135 Å². The van der Waals surface area contributed by atoms with Crippen molar-refractivity contribution in [3.8, 4) is 17.2 Å². The number of benzene rings is 2. The fraction of sp³-hybridized carbons (Fsp3) is 0.278. The summed E-state index contributed by atoms with van der Waals surface area (Å²) in [5, 5.41) is 2.86. The maximum Gasteiger partial charge on any atom is 0.265 e. The first-order valence-electron chi connectivity index (χ1n) is 7.57. The topological polar surface area (TPSA) is 56.8 Å². The molecule has 3 rings (SSSR count). The van der Waals surface area contributed by atoms with E-state index in [-0.39, 0.29) is 5.91 Å². The van der Waals surface area contributed by atoms with E-state index < -0.39 is 6.10 Å². The molecule has 1 amide bonds. The van der Waals surface area contributed by atoms with Gasteiger partial charge in [0.05, 0.1) is 13.7 Å². The molecule has 0 saturated carbocycles. The minimum absolute atomic E-state index is 0.174. The summed E-state index contributed by atoms with van der Waals surface area (Å²) in [7, 11) is 1.57. The van der Waals surface area contributed by atoms with Crippen LogP contribution in [-0.4, -0.2) is 25.7 Å². The summed E-state index contributed by atoms with van der Waals surface area (Å²) in [6.07, 6.45) is 0.0702. The summed E-state index contributed by atoms with van der Waals surface area (Å²) in [6.45, 7) is 2.46. The summed E-state index contributed by atoms with van der Waals surface area (Å²) in [6, 6.07) is 13.0. The number of rotatable bonds is 5. The van der Waals surface area contributed by atoms with E-state index in [4.69, 9.17) is 14.2 Å². The largest absolute Gasteiger partial charge is 0.493 e. The molecule has 1 aliphatic heterocycles. The van der Waals surface area contributed by atoms with Gasteiger partial charge in [0.1, 0.15) is 5.75 Å². The van der Waals surface area contributed by atoms with Gasteiger partial charge in [-0.25, -0.2) is 0 Å². The van der Waals surface area contributed by atoms with E-state index in [0.29, 0.717) is 30.2 Å². The van der Waals surface area contributed by atoms with Gasteiger partial charge in [-0.05, 0) is 30.7 Å². The van der Waals surface area contributed by atoms with Crippen molar-refractivity contribution in [1.29, 1.82) is 0 Å². The van der Waals surface area contributed by atoms with Crippen molar-refractivity contribution >= 4 is 11.6 Å². The highest BCUT2D eigenvalue weighted by atomic mass is 16.5. The highest BCUT2D eigenvalue weighted by molar-refractivity contribution is 5.95. The molecule has 1 unspecified atom stereocenters. The molecule has 0 radical (unpaired) electrons. The van der Waals surface area contributed by atoms with Crippen LogP contribution in [0.4, 0.5) is 5.69 Å². The fourth-order valence-corrected chi connectivity index (χ4v) is 2.57. The molecule has 0 aromatic heterocycles. The number of fused-ring (bicyclic) bond motifs is 1. The molecule has 0 bridgehead atoms. The van der Waals surface area contributed by atoms with Gasteiger partial charge in [-0.2, -0.15) is 0 Å². The third-order valence-corrected chi connectivity index (χ3v) is 3.67. The van der Waals surface area contributed by atoms with Crippen LogP contribution in [0, 0.1) is 0 Å². The zero-order chi connectivity index (χ0) is 16.2. The van der Waals surface area contributed by atoms with Crippen LogP contribution in [0.25, 0.3) is 0 Å². The van der Waals surface area contributed by atoms with E-state index in [1.807, 2.05) is 31.2 Å². The number of nitrogens with one attached hydrogen (secondary N) is 1. The maximum absolute atomic E-state index is 12.4. The molecule has 1 heterocycles. The van der Waals surface area contributed by atoms with Crippen LogP contribution in [0.5, 0.6) is 17.2 Å². The second-order valence-electron chi connectivity index (χ2n) is 5.21. The van der Waals surface area contributed by atoms with Gasteiger partial charge in [0.2, 0.25) is 0 Å². The Balaban J connectivity index is 1.69. The van der Waals surface area contributed by atoms with Gasteiger partial charge in [0, 0.05) is 18.2 Å². The molecule has 1 N–H and O–H groups in total. The maximum atomic E-state index is 12.4. The van der Waals surface area contributed by atoms with Crippen LogP contribution in [0.3, 0.4) is 0 Å². The minimum atomic E-state index is -0.509. The van der Waals surface area contributed by atoms with E-state index in [9.17, 15) is 4.79 Å². The normalized spacial score (nSPS) is 15.5. The highest BCUT2D eigenvalue weighted by Crippen LogP contribution is 2.31. The average molecular weight is 313 g/mol. The van der Waals surface area contributed by atoms with Gasteiger partial charge in [-0.15, -0.1) is 0 Å². The van der Waals surface area contributed by atoms with Crippen molar-refractivity contribution in [2.45, 2.75) is 19.4 Å². The molecule has 1 aliphatic rings. The van der Waals surface area contributed by atoms with Crippen LogP contribution in [0.2, 0.25) is 0 Å². The van der Waals surface area contributed by atoms with E-state index in [1.165, 1.54) is 0 Å². The van der Waals surface area contributed by atoms with Crippen molar-refractivity contribution in [2.24, 2.45) is 0 Å². The van der Waals surface area contributed by atoms with E-state index in [0.717, 1.165) is 11.3 Å². The minimum Gasteiger partial charge on any atom is -0.493 e. The molecule has 120 valence electrons. The van der Waals surface area contributed by atoms with Crippen LogP contribution in [0.1, 0.15) is 12.5 Å². The van der Waals surface area contributed by atoms with Gasteiger partial charge in [-0.3, -0.25) is 4.79 Å². The summed E-state index contributed by atoms with van der Waals surface area (Å²) in [5.41, 5.74) is 1.70. The number of carbonyl (C=O) groups excluding carboxylic acids is 1. The Morgan fingerprint density at radius 3 is 2.83 bits per heavy atom. The summed E-state index contributed by atoms with van der Waals surface area (Å²) in [5.74, 6) is 1.84. The van der Waals surface area contributed by atoms with E-state index >= 15 is 0 Å². The summed E-state index contributed by atoms with van der Waals surface area (Å²) < 4.78 is 16.4. The molecule has 2 aromatic carbocycles. The molecule has 23 heavy (non-hydrogen) atoms. The zero-order valence-electron chi connectivity index (χ0n) is 13.2. The molecular formula is C18H19NO4. The van der Waals surface area contributed by atoms with Gasteiger partial charge in [0.25, 0.3) is 5.91 Å². The van der Waals surface area contributed by atoms with Crippen LogP contribution in [0.15, 0.2) is 42.5 Å². The van der Waals surface area contributed by atoms with Gasteiger partial charge < -0.3 is 19.5 Å². The lowest BCUT2D eigenvalue weighted by Gasteiger charge is -2.14. The lowest BCUT2D eigenvalue weighted by Crippen LogP contribution is -2.31. The molecule has 5 nitrogen and oxygen atoms in total. The molecule has 0 aliphatic carbocycles. The number of ether oxygens (including phenoxy) is 3. The Morgan fingerprint density at radius 1 is 1.26 bits per heavy atom. The second kappa shape index (κ2) is 6.60. The molecule has 5 heteroatoms. The molecule has 0 saturated heterocycles. The lowest BCUT2D eigenvalue weighted by molar-refractivity contribution is -0.122.